The molecule has 2 heterocycles. The summed E-state index contributed by atoms with van der Waals surface area (Å²) in [6.07, 6.45) is 1.04. The molecular formula is C23H29O10P. The van der Waals surface area contributed by atoms with Crippen molar-refractivity contribution < 1.29 is 46.6 Å². The standard InChI is InChI=1S/C23H29O10P/c1-25-18-10-14(11-19(26-2)22(18)28-4)16-6-7-17(32-16)15-12-20(27-3)23(29-5)21(13-15)33-34(24)30-8-9-31-34/h10-13,16-17H,6-9H2,1-5H3/t16-,17-/m1/s1. The molecule has 2 fully saturated rings. The van der Waals surface area contributed by atoms with Crippen LogP contribution >= 0.6 is 7.82 Å². The van der Waals surface area contributed by atoms with E-state index in [4.69, 9.17) is 42.0 Å². The Morgan fingerprint density at radius 3 is 1.50 bits per heavy atom. The van der Waals surface area contributed by atoms with Gasteiger partial charge in [0.05, 0.1) is 61.0 Å². The minimum absolute atomic E-state index is 0.193. The number of rotatable bonds is 9. The fourth-order valence-corrected chi connectivity index (χ4v) is 5.28. The first-order valence-electron chi connectivity index (χ1n) is 10.7. The Labute approximate surface area is 198 Å². The van der Waals surface area contributed by atoms with Gasteiger partial charge in [-0.15, -0.1) is 0 Å². The smallest absolute Gasteiger partial charge is 0.493 e. The van der Waals surface area contributed by atoms with Crippen LogP contribution in [-0.4, -0.2) is 48.8 Å². The number of phosphoric ester groups is 1. The summed E-state index contributed by atoms with van der Waals surface area (Å²) < 4.78 is 62.3. The largest absolute Gasteiger partial charge is 0.530 e. The zero-order valence-electron chi connectivity index (χ0n) is 19.8. The lowest BCUT2D eigenvalue weighted by Gasteiger charge is -2.20. The highest BCUT2D eigenvalue weighted by Crippen LogP contribution is 2.56. The zero-order chi connectivity index (χ0) is 24.3. The van der Waals surface area contributed by atoms with Gasteiger partial charge in [-0.05, 0) is 48.2 Å². The fourth-order valence-electron chi connectivity index (χ4n) is 4.13. The van der Waals surface area contributed by atoms with E-state index < -0.39 is 7.82 Å². The number of ether oxygens (including phenoxy) is 6. The van der Waals surface area contributed by atoms with E-state index in [0.29, 0.717) is 28.7 Å². The topological polar surface area (TPSA) is 100 Å². The molecule has 2 aromatic rings. The maximum Gasteiger partial charge on any atom is 0.530 e. The van der Waals surface area contributed by atoms with Crippen LogP contribution in [0.25, 0.3) is 0 Å². The summed E-state index contributed by atoms with van der Waals surface area (Å²) in [5.41, 5.74) is 1.69. The van der Waals surface area contributed by atoms with Crippen LogP contribution in [0.5, 0.6) is 34.5 Å². The van der Waals surface area contributed by atoms with Crippen molar-refractivity contribution in [2.75, 3.05) is 48.8 Å². The lowest BCUT2D eigenvalue weighted by atomic mass is 10.0. The highest BCUT2D eigenvalue weighted by Gasteiger charge is 2.37. The first-order chi connectivity index (χ1) is 16.4. The van der Waals surface area contributed by atoms with Gasteiger partial charge in [0.25, 0.3) is 0 Å². The van der Waals surface area contributed by atoms with E-state index in [1.807, 2.05) is 18.2 Å². The molecule has 4 rings (SSSR count). The van der Waals surface area contributed by atoms with Crippen LogP contribution in [0.2, 0.25) is 0 Å². The van der Waals surface area contributed by atoms with Crippen LogP contribution in [-0.2, 0) is 18.3 Å². The van der Waals surface area contributed by atoms with Gasteiger partial charge >= 0.3 is 7.82 Å². The summed E-state index contributed by atoms with van der Waals surface area (Å²) in [5.74, 6) is 2.55. The van der Waals surface area contributed by atoms with E-state index in [1.54, 1.807) is 27.4 Å². The minimum Gasteiger partial charge on any atom is -0.493 e. The number of hydrogen-bond donors (Lipinski definition) is 0. The van der Waals surface area contributed by atoms with Crippen molar-refractivity contribution in [2.45, 2.75) is 25.0 Å². The molecule has 0 spiro atoms. The SMILES string of the molecule is COc1cc([C@H]2CC[C@H](c3cc(OC)c(OC)c(OP4(=O)OCCO4)c3)O2)cc(OC)c1OC. The minimum atomic E-state index is -3.72. The van der Waals surface area contributed by atoms with Crippen molar-refractivity contribution in [1.82, 2.24) is 0 Å². The number of phosphoric acid groups is 1. The van der Waals surface area contributed by atoms with Crippen LogP contribution in [0.1, 0.15) is 36.2 Å². The second kappa shape index (κ2) is 10.3. The molecular weight excluding hydrogens is 467 g/mol. The first-order valence-corrected chi connectivity index (χ1v) is 12.2. The predicted molar refractivity (Wildman–Crippen MR) is 122 cm³/mol. The molecule has 2 aliphatic heterocycles. The Balaban J connectivity index is 1.62. The molecule has 34 heavy (non-hydrogen) atoms. The van der Waals surface area contributed by atoms with Crippen molar-refractivity contribution in [3.8, 4) is 34.5 Å². The van der Waals surface area contributed by atoms with Gasteiger partial charge in [0.2, 0.25) is 11.5 Å². The maximum absolute atomic E-state index is 12.7. The average molecular weight is 496 g/mol. The predicted octanol–water partition coefficient (Wildman–Crippen LogP) is 4.86. The molecule has 0 unspecified atom stereocenters. The van der Waals surface area contributed by atoms with Gasteiger partial charge in [-0.3, -0.25) is 9.05 Å². The summed E-state index contributed by atoms with van der Waals surface area (Å²) >= 11 is 0. The van der Waals surface area contributed by atoms with Crippen LogP contribution < -0.4 is 28.2 Å². The summed E-state index contributed by atoms with van der Waals surface area (Å²) in [6.45, 7) is 0.386. The molecule has 0 saturated carbocycles. The van der Waals surface area contributed by atoms with Crippen molar-refractivity contribution in [3.63, 3.8) is 0 Å². The van der Waals surface area contributed by atoms with E-state index >= 15 is 0 Å². The Morgan fingerprint density at radius 2 is 1.09 bits per heavy atom. The maximum atomic E-state index is 12.7. The first kappa shape index (κ1) is 24.5. The molecule has 0 bridgehead atoms. The molecule has 0 aliphatic carbocycles. The van der Waals surface area contributed by atoms with Gasteiger partial charge in [-0.25, -0.2) is 4.57 Å². The van der Waals surface area contributed by atoms with Gasteiger partial charge in [0.1, 0.15) is 0 Å². The molecule has 0 N–H and O–H groups in total. The third-order valence-corrected chi connectivity index (χ3v) is 7.13. The monoisotopic (exact) mass is 496 g/mol. The van der Waals surface area contributed by atoms with Crippen LogP contribution in [0.15, 0.2) is 24.3 Å². The second-order valence-electron chi connectivity index (χ2n) is 7.61. The van der Waals surface area contributed by atoms with Gasteiger partial charge in [0.15, 0.2) is 23.0 Å². The second-order valence-corrected chi connectivity index (χ2v) is 9.20. The molecule has 11 heteroatoms. The van der Waals surface area contributed by atoms with E-state index in [9.17, 15) is 4.57 Å². The van der Waals surface area contributed by atoms with Gasteiger partial charge in [0, 0.05) is 0 Å². The highest BCUT2D eigenvalue weighted by atomic mass is 31.2. The van der Waals surface area contributed by atoms with Crippen molar-refractivity contribution in [1.29, 1.82) is 0 Å². The molecule has 0 radical (unpaired) electrons. The van der Waals surface area contributed by atoms with Gasteiger partial charge < -0.3 is 32.9 Å². The summed E-state index contributed by atoms with van der Waals surface area (Å²) in [4.78, 5) is 0. The number of methoxy groups -OCH3 is 5. The highest BCUT2D eigenvalue weighted by molar-refractivity contribution is 7.49. The van der Waals surface area contributed by atoms with Crippen LogP contribution in [0.4, 0.5) is 0 Å². The summed E-state index contributed by atoms with van der Waals surface area (Å²) in [7, 11) is 4.00. The lowest BCUT2D eigenvalue weighted by molar-refractivity contribution is 0.0435. The van der Waals surface area contributed by atoms with Gasteiger partial charge in [-0.2, -0.15) is 0 Å². The van der Waals surface area contributed by atoms with E-state index in [2.05, 4.69) is 0 Å². The molecule has 0 aromatic heterocycles. The van der Waals surface area contributed by atoms with E-state index in [0.717, 1.165) is 24.0 Å². The molecule has 2 aromatic carbocycles. The number of benzene rings is 2. The Bertz CT molecular complexity index is 1040. The van der Waals surface area contributed by atoms with Crippen molar-refractivity contribution >= 4 is 7.82 Å². The van der Waals surface area contributed by atoms with E-state index in [1.165, 1.54) is 14.2 Å². The third-order valence-electron chi connectivity index (χ3n) is 5.71. The van der Waals surface area contributed by atoms with Gasteiger partial charge in [-0.1, -0.05) is 0 Å². The number of hydrogen-bond acceptors (Lipinski definition) is 10. The molecule has 2 aliphatic rings. The van der Waals surface area contributed by atoms with Crippen molar-refractivity contribution in [2.24, 2.45) is 0 Å². The molecule has 0 amide bonds. The quantitative estimate of drug-likeness (QED) is 0.448. The van der Waals surface area contributed by atoms with E-state index in [-0.39, 0.29) is 31.2 Å². The fraction of sp³-hybridized carbons (Fsp3) is 0.478. The summed E-state index contributed by atoms with van der Waals surface area (Å²) in [6, 6.07) is 7.31. The molecule has 2 atom stereocenters. The normalized spacial score (nSPS) is 21.2. The van der Waals surface area contributed by atoms with Crippen LogP contribution in [0.3, 0.4) is 0 Å². The van der Waals surface area contributed by atoms with Crippen LogP contribution in [0, 0.1) is 0 Å². The molecule has 2 saturated heterocycles. The third kappa shape index (κ3) is 4.77. The summed E-state index contributed by atoms with van der Waals surface area (Å²) in [5, 5.41) is 0. The Hall–Kier alpha value is -2.65. The zero-order valence-corrected chi connectivity index (χ0v) is 20.7. The molecule has 186 valence electrons. The van der Waals surface area contributed by atoms with Crippen molar-refractivity contribution in [3.05, 3.63) is 35.4 Å². The lowest BCUT2D eigenvalue weighted by Crippen LogP contribution is -2.04. The average Bonchev–Trinajstić information content (AvgIpc) is 3.52. The Morgan fingerprint density at radius 1 is 0.676 bits per heavy atom. The molecule has 10 nitrogen and oxygen atoms in total. The Kier molecular flexibility index (Phi) is 7.42.